The average Bonchev–Trinajstić information content (AvgIpc) is 3.20. The van der Waals surface area contributed by atoms with Crippen LogP contribution in [0.15, 0.2) is 48.9 Å². The van der Waals surface area contributed by atoms with Crippen molar-refractivity contribution in [3.63, 3.8) is 0 Å². The summed E-state index contributed by atoms with van der Waals surface area (Å²) in [4.78, 5) is 19.4. The maximum atomic E-state index is 13.4. The molecule has 0 aliphatic carbocycles. The van der Waals surface area contributed by atoms with Gasteiger partial charge in [-0.25, -0.2) is 9.55 Å². The Balaban J connectivity index is 1.75. The van der Waals surface area contributed by atoms with Gasteiger partial charge in [-0.3, -0.25) is 4.79 Å². The van der Waals surface area contributed by atoms with Crippen molar-refractivity contribution < 1.29 is 22.5 Å². The summed E-state index contributed by atoms with van der Waals surface area (Å²) in [5, 5.41) is -0.561. The van der Waals surface area contributed by atoms with Crippen LogP contribution in [-0.2, 0) is 19.1 Å². The first-order valence-electron chi connectivity index (χ1n) is 11.8. The molecule has 0 saturated heterocycles. The van der Waals surface area contributed by atoms with Gasteiger partial charge in [0.25, 0.3) is 12.2 Å². The molecule has 35 heavy (non-hydrogen) atoms. The maximum Gasteiger partial charge on any atom is 0.417 e. The van der Waals surface area contributed by atoms with E-state index in [0.717, 1.165) is 36.1 Å². The summed E-state index contributed by atoms with van der Waals surface area (Å²) in [7, 11) is 0. The van der Waals surface area contributed by atoms with Gasteiger partial charge in [-0.15, -0.1) is 0 Å². The normalized spacial score (nSPS) is 14.8. The number of carbonyl (C=O) groups is 1. The quantitative estimate of drug-likeness (QED) is 0.384. The van der Waals surface area contributed by atoms with Gasteiger partial charge >= 0.3 is 6.18 Å². The van der Waals surface area contributed by atoms with Crippen molar-refractivity contribution in [1.82, 2.24) is 14.5 Å². The van der Waals surface area contributed by atoms with E-state index >= 15 is 0 Å². The maximum absolute atomic E-state index is 13.4. The Labute approximate surface area is 208 Å². The second-order valence-electron chi connectivity index (χ2n) is 9.22. The minimum absolute atomic E-state index is 0.139. The molecule has 3 aromatic rings. The van der Waals surface area contributed by atoms with E-state index in [1.807, 2.05) is 22.8 Å². The van der Waals surface area contributed by atoms with Crippen LogP contribution in [-0.4, -0.2) is 26.9 Å². The molecular formula is C26H29ClF3N4O+. The zero-order valence-electron chi connectivity index (χ0n) is 20.0. The Kier molecular flexibility index (Phi) is 7.22. The van der Waals surface area contributed by atoms with E-state index in [2.05, 4.69) is 36.6 Å². The van der Waals surface area contributed by atoms with Crippen LogP contribution in [0.3, 0.4) is 0 Å². The molecule has 186 valence electrons. The second-order valence-corrected chi connectivity index (χ2v) is 9.59. The summed E-state index contributed by atoms with van der Waals surface area (Å²) >= 11 is 6.06. The number of amides is 1. The fourth-order valence-corrected chi connectivity index (χ4v) is 5.14. The Morgan fingerprint density at radius 1 is 1.20 bits per heavy atom. The molecule has 9 heteroatoms. The highest BCUT2D eigenvalue weighted by Crippen LogP contribution is 2.37. The van der Waals surface area contributed by atoms with Crippen molar-refractivity contribution in [2.75, 3.05) is 6.54 Å². The number of alkyl halides is 3. The highest BCUT2D eigenvalue weighted by atomic mass is 35.5. The molecule has 1 atom stereocenters. The lowest BCUT2D eigenvalue weighted by atomic mass is 9.98. The lowest BCUT2D eigenvalue weighted by Gasteiger charge is -2.27. The predicted molar refractivity (Wildman–Crippen MR) is 127 cm³/mol. The third kappa shape index (κ3) is 4.94. The molecule has 1 amide bonds. The third-order valence-electron chi connectivity index (χ3n) is 6.56. The largest absolute Gasteiger partial charge is 0.417 e. The molecule has 0 N–H and O–H groups in total. The molecule has 3 heterocycles. The van der Waals surface area contributed by atoms with E-state index in [-0.39, 0.29) is 12.1 Å². The van der Waals surface area contributed by atoms with Crippen LogP contribution in [0.5, 0.6) is 0 Å². The van der Waals surface area contributed by atoms with Gasteiger partial charge in [0.05, 0.1) is 22.7 Å². The van der Waals surface area contributed by atoms with Crippen LogP contribution in [0.2, 0.25) is 5.02 Å². The number of hydrogen-bond acceptors (Lipinski definition) is 2. The Hall–Kier alpha value is -2.87. The Bertz CT molecular complexity index is 1210. The number of fused-ring (bicyclic) bond motifs is 1. The van der Waals surface area contributed by atoms with Crippen molar-refractivity contribution in [2.45, 2.75) is 58.8 Å². The molecule has 2 aromatic heterocycles. The van der Waals surface area contributed by atoms with Crippen molar-refractivity contribution in [2.24, 2.45) is 5.92 Å². The molecule has 4 rings (SSSR count). The molecule has 0 spiro atoms. The number of carbonyl (C=O) groups excluding carboxylic acids is 1. The summed E-state index contributed by atoms with van der Waals surface area (Å²) in [6.45, 7) is 7.21. The van der Waals surface area contributed by atoms with Gasteiger partial charge in [-0.2, -0.15) is 17.7 Å². The fraction of sp³-hybridized carbons (Fsp3) is 0.423. The number of rotatable bonds is 6. The van der Waals surface area contributed by atoms with Gasteiger partial charge < -0.3 is 4.90 Å². The van der Waals surface area contributed by atoms with E-state index in [4.69, 9.17) is 11.6 Å². The molecule has 1 aromatic carbocycles. The van der Waals surface area contributed by atoms with Crippen molar-refractivity contribution >= 4 is 17.5 Å². The summed E-state index contributed by atoms with van der Waals surface area (Å²) in [6, 6.07) is 9.40. The third-order valence-corrected chi connectivity index (χ3v) is 6.97. The molecular weight excluding hydrogens is 477 g/mol. The number of imidazole rings is 1. The number of pyridine rings is 1. The SMILES string of the molecule is CCCC(C(C)C)[n+]1cn(-c2ccccn2)c2c1CCN(C(=O)c1cccc(C(F)(F)F)c1Cl)C2. The number of nitrogens with zero attached hydrogens (tertiary/aromatic N) is 4. The number of hydrogen-bond donors (Lipinski definition) is 0. The van der Waals surface area contributed by atoms with E-state index in [1.165, 1.54) is 12.1 Å². The highest BCUT2D eigenvalue weighted by Gasteiger charge is 2.38. The zero-order valence-corrected chi connectivity index (χ0v) is 20.8. The predicted octanol–water partition coefficient (Wildman–Crippen LogP) is 6.03. The molecule has 0 fully saturated rings. The van der Waals surface area contributed by atoms with Gasteiger partial charge in [0, 0.05) is 25.2 Å². The van der Waals surface area contributed by atoms with E-state index in [0.29, 0.717) is 24.9 Å². The lowest BCUT2D eigenvalue weighted by Crippen LogP contribution is -2.47. The minimum atomic E-state index is -4.63. The van der Waals surface area contributed by atoms with Gasteiger partial charge in [-0.05, 0) is 30.5 Å². The first kappa shape index (κ1) is 25.2. The zero-order chi connectivity index (χ0) is 25.3. The van der Waals surface area contributed by atoms with E-state index in [9.17, 15) is 18.0 Å². The van der Waals surface area contributed by atoms with Crippen LogP contribution in [0, 0.1) is 5.92 Å². The summed E-state index contributed by atoms with van der Waals surface area (Å²) in [5.74, 6) is 0.626. The van der Waals surface area contributed by atoms with Gasteiger partial charge in [-0.1, -0.05) is 50.9 Å². The first-order chi connectivity index (χ1) is 16.6. The van der Waals surface area contributed by atoms with Crippen molar-refractivity contribution in [3.05, 3.63) is 76.5 Å². The molecule has 1 aliphatic heterocycles. The summed E-state index contributed by atoms with van der Waals surface area (Å²) in [6.07, 6.45) is 1.78. The van der Waals surface area contributed by atoms with Crippen LogP contribution >= 0.6 is 11.6 Å². The Morgan fingerprint density at radius 3 is 2.60 bits per heavy atom. The average molecular weight is 506 g/mol. The van der Waals surface area contributed by atoms with Crippen LogP contribution in [0.4, 0.5) is 13.2 Å². The molecule has 5 nitrogen and oxygen atoms in total. The summed E-state index contributed by atoms with van der Waals surface area (Å²) in [5.41, 5.74) is 0.895. The molecule has 1 unspecified atom stereocenters. The first-order valence-corrected chi connectivity index (χ1v) is 12.2. The Morgan fingerprint density at radius 2 is 1.97 bits per heavy atom. The number of aromatic nitrogens is 3. The lowest BCUT2D eigenvalue weighted by molar-refractivity contribution is -0.736. The van der Waals surface area contributed by atoms with E-state index < -0.39 is 22.7 Å². The molecule has 0 radical (unpaired) electrons. The standard InChI is InChI=1S/C26H29ClF3N4O/c1-4-8-20(17(2)3)33-16-34(23-11-5-6-13-31-23)22-15-32(14-12-21(22)33)25(35)18-9-7-10-19(24(18)27)26(28,29)30/h5-7,9-11,13,16-17,20H,4,8,12,14-15H2,1-3H3/q+1. The van der Waals surface area contributed by atoms with Gasteiger partial charge in [0.2, 0.25) is 5.82 Å². The van der Waals surface area contributed by atoms with Crippen LogP contribution < -0.4 is 4.57 Å². The van der Waals surface area contributed by atoms with Crippen LogP contribution in [0.1, 0.15) is 67.0 Å². The van der Waals surface area contributed by atoms with Crippen molar-refractivity contribution in [1.29, 1.82) is 0 Å². The van der Waals surface area contributed by atoms with Crippen molar-refractivity contribution in [3.8, 4) is 5.82 Å². The smallest absolute Gasteiger partial charge is 0.330 e. The highest BCUT2D eigenvalue weighted by molar-refractivity contribution is 6.34. The number of halogens is 4. The number of benzene rings is 1. The topological polar surface area (TPSA) is 42.0 Å². The monoisotopic (exact) mass is 505 g/mol. The minimum Gasteiger partial charge on any atom is -0.330 e. The van der Waals surface area contributed by atoms with E-state index in [1.54, 1.807) is 11.1 Å². The molecule has 1 aliphatic rings. The fourth-order valence-electron chi connectivity index (χ4n) is 4.82. The van der Waals surface area contributed by atoms with Crippen LogP contribution in [0.25, 0.3) is 5.82 Å². The summed E-state index contributed by atoms with van der Waals surface area (Å²) < 4.78 is 44.4. The molecule has 0 saturated carbocycles. The van der Waals surface area contributed by atoms with Gasteiger partial charge in [0.1, 0.15) is 11.7 Å². The second kappa shape index (κ2) is 10.0. The molecule has 0 bridgehead atoms. The van der Waals surface area contributed by atoms with Gasteiger partial charge in [0.15, 0.2) is 5.69 Å².